The number of carbonyl (C=O) groups excluding carboxylic acids is 1. The first-order valence-corrected chi connectivity index (χ1v) is 7.53. The Kier molecular flexibility index (Phi) is 6.49. The molecule has 112 valence electrons. The number of carbonyl (C=O) groups is 1. The fraction of sp³-hybridized carbons (Fsp3) is 0.533. The number of nitrogens with one attached hydrogen (secondary N) is 1. The van der Waals surface area contributed by atoms with Crippen LogP contribution in [-0.4, -0.2) is 36.8 Å². The van der Waals surface area contributed by atoms with Gasteiger partial charge < -0.3 is 15.0 Å². The van der Waals surface area contributed by atoms with E-state index in [9.17, 15) is 4.79 Å². The molecule has 1 atom stereocenters. The number of hydrogen-bond acceptors (Lipinski definition) is 3. The molecule has 5 heteroatoms. The molecule has 20 heavy (non-hydrogen) atoms. The number of amides is 1. The van der Waals surface area contributed by atoms with Crippen LogP contribution in [0.2, 0.25) is 0 Å². The van der Waals surface area contributed by atoms with E-state index in [1.807, 2.05) is 46.1 Å². The summed E-state index contributed by atoms with van der Waals surface area (Å²) in [5.74, 6) is 0.843. The van der Waals surface area contributed by atoms with Crippen molar-refractivity contribution in [2.45, 2.75) is 25.2 Å². The number of ether oxygens (including phenoxy) is 1. The largest absolute Gasteiger partial charge is 0.495 e. The maximum atomic E-state index is 12.1. The third-order valence-electron chi connectivity index (χ3n) is 2.86. The highest BCUT2D eigenvalue weighted by Crippen LogP contribution is 2.27. The second-order valence-corrected chi connectivity index (χ2v) is 6.39. The predicted molar refractivity (Wildman–Crippen MR) is 86.6 cm³/mol. The van der Waals surface area contributed by atoms with Crippen LogP contribution in [0.4, 0.5) is 5.69 Å². The maximum absolute atomic E-state index is 12.1. The molecule has 0 heterocycles. The van der Waals surface area contributed by atoms with Crippen LogP contribution in [0.3, 0.4) is 0 Å². The van der Waals surface area contributed by atoms with Crippen molar-refractivity contribution in [3.8, 4) is 5.75 Å². The van der Waals surface area contributed by atoms with Crippen LogP contribution >= 0.6 is 15.9 Å². The second kappa shape index (κ2) is 7.64. The highest BCUT2D eigenvalue weighted by Gasteiger charge is 2.20. The summed E-state index contributed by atoms with van der Waals surface area (Å²) in [7, 11) is 5.62. The van der Waals surface area contributed by atoms with Gasteiger partial charge in [0.2, 0.25) is 5.91 Å². The van der Waals surface area contributed by atoms with E-state index in [1.54, 1.807) is 7.11 Å². The number of methoxy groups -OCH3 is 1. The van der Waals surface area contributed by atoms with Crippen LogP contribution in [0, 0.1) is 5.92 Å². The summed E-state index contributed by atoms with van der Waals surface area (Å²) < 4.78 is 5.30. The maximum Gasteiger partial charge on any atom is 0.238 e. The van der Waals surface area contributed by atoms with Gasteiger partial charge in [-0.2, -0.15) is 0 Å². The lowest BCUT2D eigenvalue weighted by molar-refractivity contribution is -0.116. The number of alkyl halides is 1. The average molecular weight is 343 g/mol. The fourth-order valence-corrected chi connectivity index (χ4v) is 1.94. The summed E-state index contributed by atoms with van der Waals surface area (Å²) in [5.41, 5.74) is 1.84. The van der Waals surface area contributed by atoms with Crippen molar-refractivity contribution in [1.82, 2.24) is 4.90 Å². The van der Waals surface area contributed by atoms with Crippen molar-refractivity contribution in [1.29, 1.82) is 0 Å². The molecular weight excluding hydrogens is 320 g/mol. The van der Waals surface area contributed by atoms with E-state index in [2.05, 4.69) is 26.1 Å². The van der Waals surface area contributed by atoms with Crippen molar-refractivity contribution in [3.05, 3.63) is 23.8 Å². The fourth-order valence-electron chi connectivity index (χ4n) is 1.82. The van der Waals surface area contributed by atoms with Crippen molar-refractivity contribution >= 4 is 27.5 Å². The Balaban J connectivity index is 2.93. The van der Waals surface area contributed by atoms with Gasteiger partial charge in [-0.25, -0.2) is 0 Å². The molecular formula is C15H23BrN2O2. The van der Waals surface area contributed by atoms with Crippen LogP contribution in [0.1, 0.15) is 19.4 Å². The van der Waals surface area contributed by atoms with E-state index >= 15 is 0 Å². The van der Waals surface area contributed by atoms with Crippen LogP contribution in [0.5, 0.6) is 5.75 Å². The molecule has 0 aliphatic carbocycles. The molecule has 1 rings (SSSR count). The van der Waals surface area contributed by atoms with Gasteiger partial charge in [0.15, 0.2) is 0 Å². The van der Waals surface area contributed by atoms with Gasteiger partial charge in [0, 0.05) is 6.54 Å². The minimum atomic E-state index is -0.218. The third kappa shape index (κ3) is 4.80. The quantitative estimate of drug-likeness (QED) is 0.807. The molecule has 0 aliphatic heterocycles. The molecule has 0 saturated heterocycles. The first-order valence-electron chi connectivity index (χ1n) is 6.61. The minimum absolute atomic E-state index is 0.0553. The Labute approximate surface area is 129 Å². The first kappa shape index (κ1) is 17.0. The van der Waals surface area contributed by atoms with E-state index in [-0.39, 0.29) is 16.7 Å². The molecule has 1 aromatic rings. The molecule has 0 fully saturated rings. The minimum Gasteiger partial charge on any atom is -0.495 e. The van der Waals surface area contributed by atoms with E-state index in [0.717, 1.165) is 12.1 Å². The van der Waals surface area contributed by atoms with E-state index < -0.39 is 0 Å². The predicted octanol–water partition coefficient (Wildman–Crippen LogP) is 3.11. The van der Waals surface area contributed by atoms with Crippen molar-refractivity contribution in [3.63, 3.8) is 0 Å². The Morgan fingerprint density at radius 1 is 1.40 bits per heavy atom. The zero-order valence-electron chi connectivity index (χ0n) is 12.7. The summed E-state index contributed by atoms with van der Waals surface area (Å²) in [6, 6.07) is 5.84. The molecule has 0 bridgehead atoms. The number of halogens is 1. The SMILES string of the molecule is COc1ccc(CN(C)C)cc1NC(=O)C(Br)C(C)C. The molecule has 0 aromatic heterocycles. The second-order valence-electron chi connectivity index (χ2n) is 5.41. The van der Waals surface area contributed by atoms with Gasteiger partial charge in [-0.1, -0.05) is 35.8 Å². The summed E-state index contributed by atoms with van der Waals surface area (Å²) in [5, 5.41) is 2.93. The van der Waals surface area contributed by atoms with E-state index in [0.29, 0.717) is 11.4 Å². The lowest BCUT2D eigenvalue weighted by Gasteiger charge is -2.17. The number of anilines is 1. The number of hydrogen-bond donors (Lipinski definition) is 1. The van der Waals surface area contributed by atoms with Crippen LogP contribution in [0.25, 0.3) is 0 Å². The van der Waals surface area contributed by atoms with Gasteiger partial charge in [0.25, 0.3) is 0 Å². The summed E-state index contributed by atoms with van der Waals surface area (Å²) >= 11 is 3.41. The van der Waals surface area contributed by atoms with Gasteiger partial charge in [0.1, 0.15) is 5.75 Å². The molecule has 0 aliphatic rings. The normalized spacial score (nSPS) is 12.6. The zero-order valence-corrected chi connectivity index (χ0v) is 14.3. The molecule has 1 aromatic carbocycles. The molecule has 4 nitrogen and oxygen atoms in total. The molecule has 1 N–H and O–H groups in total. The lowest BCUT2D eigenvalue weighted by atomic mass is 10.1. The van der Waals surface area contributed by atoms with Crippen LogP contribution in [0.15, 0.2) is 18.2 Å². The van der Waals surface area contributed by atoms with Gasteiger partial charge in [-0.15, -0.1) is 0 Å². The summed E-state index contributed by atoms with van der Waals surface area (Å²) in [4.78, 5) is 14.0. The molecule has 0 spiro atoms. The van der Waals surface area contributed by atoms with Crippen molar-refractivity contribution in [2.24, 2.45) is 5.92 Å². The lowest BCUT2D eigenvalue weighted by Crippen LogP contribution is -2.27. The molecule has 0 radical (unpaired) electrons. The van der Waals surface area contributed by atoms with Gasteiger partial charge in [-0.05, 0) is 37.7 Å². The molecule has 1 amide bonds. The standard InChI is InChI=1S/C15H23BrN2O2/c1-10(2)14(16)15(19)17-12-8-11(9-18(3)4)6-7-13(12)20-5/h6-8,10,14H,9H2,1-5H3,(H,17,19). The average Bonchev–Trinajstić information content (AvgIpc) is 2.37. The highest BCUT2D eigenvalue weighted by molar-refractivity contribution is 9.10. The summed E-state index contributed by atoms with van der Waals surface area (Å²) in [6.07, 6.45) is 0. The van der Waals surface area contributed by atoms with E-state index in [4.69, 9.17) is 4.74 Å². The van der Waals surface area contributed by atoms with Crippen LogP contribution < -0.4 is 10.1 Å². The number of rotatable bonds is 6. The zero-order chi connectivity index (χ0) is 15.3. The Hall–Kier alpha value is -1.07. The molecule has 0 saturated carbocycles. The highest BCUT2D eigenvalue weighted by atomic mass is 79.9. The van der Waals surface area contributed by atoms with Gasteiger partial charge in [0.05, 0.1) is 17.6 Å². The number of nitrogens with zero attached hydrogens (tertiary/aromatic N) is 1. The van der Waals surface area contributed by atoms with Crippen LogP contribution in [-0.2, 0) is 11.3 Å². The Morgan fingerprint density at radius 3 is 2.55 bits per heavy atom. The van der Waals surface area contributed by atoms with Gasteiger partial charge in [-0.3, -0.25) is 4.79 Å². The smallest absolute Gasteiger partial charge is 0.238 e. The van der Waals surface area contributed by atoms with Crippen molar-refractivity contribution < 1.29 is 9.53 Å². The summed E-state index contributed by atoms with van der Waals surface area (Å²) in [6.45, 7) is 4.81. The first-order chi connectivity index (χ1) is 9.35. The Morgan fingerprint density at radius 2 is 2.05 bits per heavy atom. The topological polar surface area (TPSA) is 41.6 Å². The van der Waals surface area contributed by atoms with Crippen molar-refractivity contribution in [2.75, 3.05) is 26.5 Å². The monoisotopic (exact) mass is 342 g/mol. The Bertz CT molecular complexity index is 461. The number of benzene rings is 1. The molecule has 1 unspecified atom stereocenters. The van der Waals surface area contributed by atoms with Gasteiger partial charge >= 0.3 is 0 Å². The van der Waals surface area contributed by atoms with E-state index in [1.165, 1.54) is 0 Å². The third-order valence-corrected chi connectivity index (χ3v) is 4.33.